The number of nitrogens with two attached hydrogens (primary N) is 2. The highest BCUT2D eigenvalue weighted by atomic mass is 32.2. The summed E-state index contributed by atoms with van der Waals surface area (Å²) in [7, 11) is 0. The van der Waals surface area contributed by atoms with E-state index in [0.717, 1.165) is 37.3 Å². The Morgan fingerprint density at radius 2 is 2.33 bits per heavy atom. The van der Waals surface area contributed by atoms with E-state index in [-0.39, 0.29) is 18.1 Å². The second-order valence-corrected chi connectivity index (χ2v) is 4.70. The smallest absolute Gasteiger partial charge is 0.263 e. The number of rotatable bonds is 6. The van der Waals surface area contributed by atoms with E-state index >= 15 is 0 Å². The second kappa shape index (κ2) is 7.05. The standard InChI is InChI=1S/C9H19N3O2S/c10-4-1-5-15-6-7-2-3-8(14-7)9(13)12-11/h7-8H,1-6,10-11H2,(H,12,13). The van der Waals surface area contributed by atoms with Gasteiger partial charge in [0.25, 0.3) is 5.91 Å². The zero-order valence-electron chi connectivity index (χ0n) is 8.78. The molecule has 1 heterocycles. The molecule has 1 saturated heterocycles. The van der Waals surface area contributed by atoms with Gasteiger partial charge in [-0.3, -0.25) is 10.2 Å². The molecule has 0 aromatic carbocycles. The fourth-order valence-corrected chi connectivity index (χ4v) is 2.56. The van der Waals surface area contributed by atoms with Gasteiger partial charge >= 0.3 is 0 Å². The van der Waals surface area contributed by atoms with Crippen LogP contribution in [0.4, 0.5) is 0 Å². The summed E-state index contributed by atoms with van der Waals surface area (Å²) in [5, 5.41) is 0. The average molecular weight is 233 g/mol. The first-order valence-corrected chi connectivity index (χ1v) is 6.37. The molecule has 5 nitrogen and oxygen atoms in total. The maximum absolute atomic E-state index is 11.2. The summed E-state index contributed by atoms with van der Waals surface area (Å²) in [5.41, 5.74) is 7.51. The fraction of sp³-hybridized carbons (Fsp3) is 0.889. The minimum atomic E-state index is -0.352. The van der Waals surface area contributed by atoms with Crippen LogP contribution in [0.25, 0.3) is 0 Å². The molecule has 5 N–H and O–H groups in total. The first-order chi connectivity index (χ1) is 7.27. The summed E-state index contributed by atoms with van der Waals surface area (Å²) in [5.74, 6) is 6.82. The van der Waals surface area contributed by atoms with Gasteiger partial charge in [-0.15, -0.1) is 0 Å². The molecule has 0 spiro atoms. The molecular weight excluding hydrogens is 214 g/mol. The summed E-state index contributed by atoms with van der Waals surface area (Å²) >= 11 is 1.83. The SMILES string of the molecule is NCCCSCC1CCC(C(=O)NN)O1. The third-order valence-electron chi connectivity index (χ3n) is 2.34. The molecule has 88 valence electrons. The largest absolute Gasteiger partial charge is 0.364 e. The van der Waals surface area contributed by atoms with Crippen LogP contribution >= 0.6 is 11.8 Å². The second-order valence-electron chi connectivity index (χ2n) is 3.55. The van der Waals surface area contributed by atoms with E-state index in [2.05, 4.69) is 5.43 Å². The Labute approximate surface area is 94.3 Å². The first kappa shape index (κ1) is 12.8. The molecule has 0 bridgehead atoms. The van der Waals surface area contributed by atoms with Crippen molar-refractivity contribution in [3.05, 3.63) is 0 Å². The van der Waals surface area contributed by atoms with Crippen LogP contribution in [0.15, 0.2) is 0 Å². The molecule has 0 aromatic rings. The van der Waals surface area contributed by atoms with E-state index in [9.17, 15) is 4.79 Å². The molecule has 2 unspecified atom stereocenters. The third kappa shape index (κ3) is 4.38. The molecule has 6 heteroatoms. The van der Waals surface area contributed by atoms with Gasteiger partial charge in [0.15, 0.2) is 0 Å². The summed E-state index contributed by atoms with van der Waals surface area (Å²) in [4.78, 5) is 11.2. The normalized spacial score (nSPS) is 25.5. The van der Waals surface area contributed by atoms with Crippen molar-refractivity contribution in [3.8, 4) is 0 Å². The Morgan fingerprint density at radius 1 is 1.53 bits per heavy atom. The van der Waals surface area contributed by atoms with Crippen LogP contribution in [-0.2, 0) is 9.53 Å². The summed E-state index contributed by atoms with van der Waals surface area (Å²) in [6.45, 7) is 0.733. The lowest BCUT2D eigenvalue weighted by Gasteiger charge is -2.11. The number of carbonyl (C=O) groups is 1. The Morgan fingerprint density at radius 3 is 3.00 bits per heavy atom. The van der Waals surface area contributed by atoms with Gasteiger partial charge in [0, 0.05) is 5.75 Å². The molecule has 0 aromatic heterocycles. The van der Waals surface area contributed by atoms with Gasteiger partial charge in [-0.1, -0.05) is 0 Å². The average Bonchev–Trinajstić information content (AvgIpc) is 2.72. The maximum Gasteiger partial charge on any atom is 0.263 e. The van der Waals surface area contributed by atoms with Gasteiger partial charge in [0.2, 0.25) is 0 Å². The Bertz CT molecular complexity index is 204. The molecule has 1 aliphatic heterocycles. The van der Waals surface area contributed by atoms with E-state index in [1.807, 2.05) is 11.8 Å². The predicted molar refractivity (Wildman–Crippen MR) is 61.2 cm³/mol. The van der Waals surface area contributed by atoms with Crippen LogP contribution in [0.1, 0.15) is 19.3 Å². The molecule has 1 fully saturated rings. The monoisotopic (exact) mass is 233 g/mol. The molecular formula is C9H19N3O2S. The third-order valence-corrected chi connectivity index (χ3v) is 3.52. The molecule has 15 heavy (non-hydrogen) atoms. The zero-order chi connectivity index (χ0) is 11.1. The summed E-state index contributed by atoms with van der Waals surface area (Å²) < 4.78 is 5.55. The number of ether oxygens (including phenoxy) is 1. The van der Waals surface area contributed by atoms with E-state index < -0.39 is 0 Å². The van der Waals surface area contributed by atoms with Gasteiger partial charge < -0.3 is 10.5 Å². The van der Waals surface area contributed by atoms with E-state index in [1.54, 1.807) is 0 Å². The molecule has 0 aliphatic carbocycles. The Balaban J connectivity index is 2.11. The quantitative estimate of drug-likeness (QED) is 0.251. The number of hydrazine groups is 1. The molecule has 1 aliphatic rings. The topological polar surface area (TPSA) is 90.4 Å². The molecule has 0 radical (unpaired) electrons. The van der Waals surface area contributed by atoms with Crippen LogP contribution < -0.4 is 17.0 Å². The van der Waals surface area contributed by atoms with Gasteiger partial charge in [-0.25, -0.2) is 5.84 Å². The Hall–Kier alpha value is -0.300. The molecule has 0 saturated carbocycles. The maximum atomic E-state index is 11.2. The predicted octanol–water partition coefficient (Wildman–Crippen LogP) is -0.394. The number of amides is 1. The highest BCUT2D eigenvalue weighted by molar-refractivity contribution is 7.99. The summed E-state index contributed by atoms with van der Waals surface area (Å²) in [6.07, 6.45) is 2.58. The lowest BCUT2D eigenvalue weighted by atomic mass is 10.2. The Kier molecular flexibility index (Phi) is 6.00. The van der Waals surface area contributed by atoms with Crippen molar-refractivity contribution in [2.75, 3.05) is 18.1 Å². The highest BCUT2D eigenvalue weighted by Crippen LogP contribution is 2.22. The van der Waals surface area contributed by atoms with Crippen molar-refractivity contribution in [2.24, 2.45) is 11.6 Å². The highest BCUT2D eigenvalue weighted by Gasteiger charge is 2.29. The van der Waals surface area contributed by atoms with E-state index in [4.69, 9.17) is 16.3 Å². The van der Waals surface area contributed by atoms with Crippen LogP contribution in [0, 0.1) is 0 Å². The number of nitrogens with one attached hydrogen (secondary N) is 1. The lowest BCUT2D eigenvalue weighted by molar-refractivity contribution is -0.131. The minimum absolute atomic E-state index is 0.190. The van der Waals surface area contributed by atoms with Crippen LogP contribution in [0.3, 0.4) is 0 Å². The van der Waals surface area contributed by atoms with Crippen molar-refractivity contribution in [1.29, 1.82) is 0 Å². The van der Waals surface area contributed by atoms with Crippen molar-refractivity contribution in [3.63, 3.8) is 0 Å². The van der Waals surface area contributed by atoms with Gasteiger partial charge in [-0.05, 0) is 31.6 Å². The van der Waals surface area contributed by atoms with Crippen LogP contribution in [-0.4, -0.2) is 36.2 Å². The van der Waals surface area contributed by atoms with E-state index in [1.165, 1.54) is 0 Å². The molecule has 1 amide bonds. The minimum Gasteiger partial charge on any atom is -0.364 e. The fourth-order valence-electron chi connectivity index (χ4n) is 1.51. The first-order valence-electron chi connectivity index (χ1n) is 5.21. The van der Waals surface area contributed by atoms with Crippen molar-refractivity contribution < 1.29 is 9.53 Å². The van der Waals surface area contributed by atoms with E-state index in [0.29, 0.717) is 0 Å². The molecule has 1 rings (SSSR count). The van der Waals surface area contributed by atoms with Crippen LogP contribution in [0.5, 0.6) is 0 Å². The van der Waals surface area contributed by atoms with Gasteiger partial charge in [-0.2, -0.15) is 11.8 Å². The van der Waals surface area contributed by atoms with Crippen molar-refractivity contribution in [1.82, 2.24) is 5.43 Å². The van der Waals surface area contributed by atoms with Gasteiger partial charge in [0.05, 0.1) is 6.10 Å². The van der Waals surface area contributed by atoms with Crippen LogP contribution in [0.2, 0.25) is 0 Å². The summed E-state index contributed by atoms with van der Waals surface area (Å²) in [6, 6.07) is 0. The lowest BCUT2D eigenvalue weighted by Crippen LogP contribution is -2.39. The molecule has 2 atom stereocenters. The number of hydrogen-bond acceptors (Lipinski definition) is 5. The number of carbonyl (C=O) groups excluding carboxylic acids is 1. The zero-order valence-corrected chi connectivity index (χ0v) is 9.59. The van der Waals surface area contributed by atoms with Crippen molar-refractivity contribution in [2.45, 2.75) is 31.5 Å². The van der Waals surface area contributed by atoms with Gasteiger partial charge in [0.1, 0.15) is 6.10 Å². The van der Waals surface area contributed by atoms with Crippen molar-refractivity contribution >= 4 is 17.7 Å². The number of hydrogen-bond donors (Lipinski definition) is 3. The number of thioether (sulfide) groups is 1.